The van der Waals surface area contributed by atoms with Crippen LogP contribution in [0.5, 0.6) is 0 Å². The molecule has 9 heteroatoms. The van der Waals surface area contributed by atoms with Crippen LogP contribution in [0.4, 0.5) is 0 Å². The predicted molar refractivity (Wildman–Crippen MR) is 186 cm³/mol. The highest BCUT2D eigenvalue weighted by molar-refractivity contribution is 6.30. The molecule has 47 heavy (non-hydrogen) atoms. The summed E-state index contributed by atoms with van der Waals surface area (Å²) in [6, 6.07) is 19.1. The zero-order valence-corrected chi connectivity index (χ0v) is 28.5. The number of carbonyl (C=O) groups excluding carboxylic acids is 4. The van der Waals surface area contributed by atoms with Crippen LogP contribution in [0.3, 0.4) is 0 Å². The summed E-state index contributed by atoms with van der Waals surface area (Å²) < 4.78 is 0. The number of benzene rings is 3. The van der Waals surface area contributed by atoms with Crippen molar-refractivity contribution in [2.45, 2.75) is 96.3 Å². The molecule has 2 unspecified atom stereocenters. The molecule has 4 amide bonds. The van der Waals surface area contributed by atoms with Gasteiger partial charge in [-0.15, -0.1) is 0 Å². The molecular weight excluding hydrogens is 612 g/mol. The maximum Gasteiger partial charge on any atom is 0.246 e. The van der Waals surface area contributed by atoms with Gasteiger partial charge in [-0.25, -0.2) is 0 Å². The lowest BCUT2D eigenvalue weighted by atomic mass is 9.83. The van der Waals surface area contributed by atoms with Crippen LogP contribution < -0.4 is 10.6 Å². The Balaban J connectivity index is 1.45. The molecule has 1 saturated heterocycles. The zero-order chi connectivity index (χ0) is 33.5. The minimum Gasteiger partial charge on any atom is -0.352 e. The second-order valence-corrected chi connectivity index (χ2v) is 13.9. The Morgan fingerprint density at radius 1 is 0.851 bits per heavy atom. The van der Waals surface area contributed by atoms with E-state index in [4.69, 9.17) is 11.6 Å². The van der Waals surface area contributed by atoms with Gasteiger partial charge in [-0.2, -0.15) is 0 Å². The predicted octanol–water partition coefficient (Wildman–Crippen LogP) is 5.69. The summed E-state index contributed by atoms with van der Waals surface area (Å²) in [5.74, 6) is -0.676. The van der Waals surface area contributed by atoms with E-state index in [0.29, 0.717) is 23.8 Å². The standard InChI is InChI=1S/C38H47ClN4O4/c1-25(2)40-36(45)34(24-29-13-16-30-11-7-8-12-31(30)21-29)42-19-20-43(35(38(42)47)23-27-9-5-4-6-10-27)37(46)33(41-26(3)44)22-28-14-17-32(39)18-15-28/h7-8,11-18,21,25,27,33-35H,4-6,9-10,19-20,22-24H2,1-3H3,(H,40,45)(H,41,44)/t33?,34?,35-/m1/s1. The maximum atomic E-state index is 14.6. The number of nitrogens with zero attached hydrogens (tertiary/aromatic N) is 2. The molecule has 1 aliphatic carbocycles. The quantitative estimate of drug-likeness (QED) is 0.277. The Kier molecular flexibility index (Phi) is 11.6. The zero-order valence-electron chi connectivity index (χ0n) is 27.7. The minimum atomic E-state index is -0.834. The largest absolute Gasteiger partial charge is 0.352 e. The highest BCUT2D eigenvalue weighted by Crippen LogP contribution is 2.32. The number of amides is 4. The molecule has 5 rings (SSSR count). The number of rotatable bonds is 11. The molecule has 250 valence electrons. The van der Waals surface area contributed by atoms with Crippen LogP contribution >= 0.6 is 11.6 Å². The average molecular weight is 659 g/mol. The number of piperazine rings is 1. The topological polar surface area (TPSA) is 98.8 Å². The van der Waals surface area contributed by atoms with Gasteiger partial charge in [0.15, 0.2) is 0 Å². The second kappa shape index (κ2) is 15.8. The SMILES string of the molecule is CC(=O)NC(Cc1ccc(Cl)cc1)C(=O)N1CCN(C(Cc2ccc3ccccc3c2)C(=O)NC(C)C)C(=O)[C@H]1CC1CCCCC1. The molecule has 1 saturated carbocycles. The van der Waals surface area contributed by atoms with E-state index in [9.17, 15) is 19.2 Å². The molecule has 3 aromatic carbocycles. The fourth-order valence-electron chi connectivity index (χ4n) is 7.16. The molecule has 3 aromatic rings. The van der Waals surface area contributed by atoms with Crippen molar-refractivity contribution in [3.05, 3.63) is 82.9 Å². The van der Waals surface area contributed by atoms with E-state index in [-0.39, 0.29) is 49.2 Å². The summed E-state index contributed by atoms with van der Waals surface area (Å²) in [4.78, 5) is 58.4. The molecular formula is C38H47ClN4O4. The van der Waals surface area contributed by atoms with E-state index in [0.717, 1.165) is 47.6 Å². The van der Waals surface area contributed by atoms with Gasteiger partial charge in [-0.3, -0.25) is 19.2 Å². The fraction of sp³-hybridized carbons (Fsp3) is 0.474. The van der Waals surface area contributed by atoms with Gasteiger partial charge in [0, 0.05) is 43.9 Å². The molecule has 1 aliphatic heterocycles. The monoisotopic (exact) mass is 658 g/mol. The van der Waals surface area contributed by atoms with Crippen molar-refractivity contribution < 1.29 is 19.2 Å². The molecule has 2 N–H and O–H groups in total. The summed E-state index contributed by atoms with van der Waals surface area (Å²) in [6.45, 7) is 5.73. The van der Waals surface area contributed by atoms with Crippen LogP contribution in [0, 0.1) is 5.92 Å². The van der Waals surface area contributed by atoms with Crippen LogP contribution in [-0.4, -0.2) is 70.7 Å². The average Bonchev–Trinajstić information content (AvgIpc) is 3.05. The van der Waals surface area contributed by atoms with Gasteiger partial charge in [0.25, 0.3) is 0 Å². The Labute approximate surface area is 283 Å². The van der Waals surface area contributed by atoms with Crippen molar-refractivity contribution in [2.24, 2.45) is 5.92 Å². The molecule has 0 bridgehead atoms. The van der Waals surface area contributed by atoms with Crippen molar-refractivity contribution in [1.29, 1.82) is 0 Å². The van der Waals surface area contributed by atoms with Crippen LogP contribution in [-0.2, 0) is 32.0 Å². The maximum absolute atomic E-state index is 14.6. The van der Waals surface area contributed by atoms with Gasteiger partial charge < -0.3 is 20.4 Å². The highest BCUT2D eigenvalue weighted by atomic mass is 35.5. The third kappa shape index (κ3) is 8.92. The number of nitrogens with one attached hydrogen (secondary N) is 2. The molecule has 0 radical (unpaired) electrons. The molecule has 0 spiro atoms. The van der Waals surface area contributed by atoms with Gasteiger partial charge in [0.2, 0.25) is 23.6 Å². The first kappa shape index (κ1) is 34.4. The first-order valence-electron chi connectivity index (χ1n) is 17.0. The van der Waals surface area contributed by atoms with E-state index in [2.05, 4.69) is 28.8 Å². The third-order valence-corrected chi connectivity index (χ3v) is 9.72. The molecule has 1 heterocycles. The number of hydrogen-bond acceptors (Lipinski definition) is 4. The van der Waals surface area contributed by atoms with Crippen molar-refractivity contribution in [2.75, 3.05) is 13.1 Å². The van der Waals surface area contributed by atoms with E-state index in [1.54, 1.807) is 21.9 Å². The number of carbonyl (C=O) groups is 4. The third-order valence-electron chi connectivity index (χ3n) is 9.47. The van der Waals surface area contributed by atoms with Gasteiger partial charge in [0.1, 0.15) is 18.1 Å². The van der Waals surface area contributed by atoms with E-state index in [1.807, 2.05) is 50.2 Å². The summed E-state index contributed by atoms with van der Waals surface area (Å²) in [5.41, 5.74) is 1.83. The minimum absolute atomic E-state index is 0.0936. The van der Waals surface area contributed by atoms with E-state index in [1.165, 1.54) is 13.3 Å². The molecule has 0 aromatic heterocycles. The highest BCUT2D eigenvalue weighted by Gasteiger charge is 2.44. The van der Waals surface area contributed by atoms with Crippen LogP contribution in [0.2, 0.25) is 5.02 Å². The van der Waals surface area contributed by atoms with Crippen LogP contribution in [0.25, 0.3) is 10.8 Å². The van der Waals surface area contributed by atoms with Crippen molar-refractivity contribution in [3.8, 4) is 0 Å². The normalized spacial score (nSPS) is 18.7. The van der Waals surface area contributed by atoms with E-state index < -0.39 is 18.1 Å². The summed E-state index contributed by atoms with van der Waals surface area (Å²) in [7, 11) is 0. The smallest absolute Gasteiger partial charge is 0.246 e. The van der Waals surface area contributed by atoms with E-state index >= 15 is 0 Å². The Bertz CT molecular complexity index is 1570. The van der Waals surface area contributed by atoms with Crippen molar-refractivity contribution in [1.82, 2.24) is 20.4 Å². The molecule has 2 fully saturated rings. The Hall–Kier alpha value is -3.91. The first-order chi connectivity index (χ1) is 22.6. The number of halogens is 1. The van der Waals surface area contributed by atoms with Crippen LogP contribution in [0.15, 0.2) is 66.7 Å². The Morgan fingerprint density at radius 3 is 2.21 bits per heavy atom. The second-order valence-electron chi connectivity index (χ2n) is 13.5. The molecule has 3 atom stereocenters. The number of hydrogen-bond donors (Lipinski definition) is 2. The van der Waals surface area contributed by atoms with Crippen LogP contribution in [0.1, 0.15) is 70.4 Å². The molecule has 8 nitrogen and oxygen atoms in total. The van der Waals surface area contributed by atoms with Gasteiger partial charge >= 0.3 is 0 Å². The lowest BCUT2D eigenvalue weighted by molar-refractivity contribution is -0.158. The molecule has 2 aliphatic rings. The summed E-state index contributed by atoms with van der Waals surface area (Å²) in [5, 5.41) is 8.68. The van der Waals surface area contributed by atoms with Gasteiger partial charge in [0.05, 0.1) is 0 Å². The number of fused-ring (bicyclic) bond motifs is 1. The fourth-order valence-corrected chi connectivity index (χ4v) is 7.29. The lowest BCUT2D eigenvalue weighted by Crippen LogP contribution is -2.66. The van der Waals surface area contributed by atoms with Gasteiger partial charge in [-0.1, -0.05) is 98.3 Å². The summed E-state index contributed by atoms with van der Waals surface area (Å²) >= 11 is 6.09. The lowest BCUT2D eigenvalue weighted by Gasteiger charge is -2.45. The van der Waals surface area contributed by atoms with Crippen molar-refractivity contribution >= 4 is 46.0 Å². The Morgan fingerprint density at radius 2 is 1.53 bits per heavy atom. The van der Waals surface area contributed by atoms with Crippen molar-refractivity contribution in [3.63, 3.8) is 0 Å². The van der Waals surface area contributed by atoms with Gasteiger partial charge in [-0.05, 0) is 60.2 Å². The summed E-state index contributed by atoms with van der Waals surface area (Å²) in [6.07, 6.45) is 6.61. The first-order valence-corrected chi connectivity index (χ1v) is 17.4.